The Hall–Kier alpha value is -0.370. The summed E-state index contributed by atoms with van der Waals surface area (Å²) in [5.41, 5.74) is 0. The van der Waals surface area contributed by atoms with E-state index < -0.39 is 0 Å². The van der Waals surface area contributed by atoms with Crippen LogP contribution >= 0.6 is 0 Å². The first-order valence-electron chi connectivity index (χ1n) is 6.33. The summed E-state index contributed by atoms with van der Waals surface area (Å²) in [6, 6.07) is 0. The maximum atomic E-state index is 11.6. The summed E-state index contributed by atoms with van der Waals surface area (Å²) < 4.78 is 4.95. The third kappa shape index (κ3) is 5.93. The topological polar surface area (TPSA) is 26.3 Å². The molecule has 0 aliphatic heterocycles. The highest BCUT2D eigenvalue weighted by atomic mass is 16.5. The number of carbonyl (C=O) groups is 1. The van der Waals surface area contributed by atoms with Crippen molar-refractivity contribution in [2.24, 2.45) is 5.92 Å². The number of Topliss-reactive ketones (excluding diaryl/α,β-unsaturated/α-hetero) is 1. The minimum Gasteiger partial charge on any atom is -0.385 e. The lowest BCUT2D eigenvalue weighted by molar-refractivity contribution is -0.120. The average molecular weight is 212 g/mol. The summed E-state index contributed by atoms with van der Waals surface area (Å²) in [5, 5.41) is 0. The standard InChI is InChI=1S/C13H24O2/c1-15-10-6-9-13(14)11-12-7-4-2-3-5-8-12/h12H,2-11H2,1H3. The Bertz CT molecular complexity index is 169. The first-order valence-corrected chi connectivity index (χ1v) is 6.33. The first-order chi connectivity index (χ1) is 7.33. The number of rotatable bonds is 6. The lowest BCUT2D eigenvalue weighted by Crippen LogP contribution is -2.08. The molecule has 0 saturated heterocycles. The first kappa shape index (κ1) is 12.7. The zero-order valence-corrected chi connectivity index (χ0v) is 9.96. The van der Waals surface area contributed by atoms with E-state index in [2.05, 4.69) is 0 Å². The highest BCUT2D eigenvalue weighted by molar-refractivity contribution is 5.78. The van der Waals surface area contributed by atoms with Crippen molar-refractivity contribution >= 4 is 5.78 Å². The van der Waals surface area contributed by atoms with Crippen molar-refractivity contribution in [3.05, 3.63) is 0 Å². The summed E-state index contributed by atoms with van der Waals surface area (Å²) in [6.45, 7) is 0.719. The molecular weight excluding hydrogens is 188 g/mol. The summed E-state index contributed by atoms with van der Waals surface area (Å²) in [7, 11) is 1.69. The smallest absolute Gasteiger partial charge is 0.133 e. The minimum atomic E-state index is 0.443. The van der Waals surface area contributed by atoms with E-state index in [9.17, 15) is 4.79 Å². The third-order valence-corrected chi connectivity index (χ3v) is 3.30. The van der Waals surface area contributed by atoms with Gasteiger partial charge in [-0.25, -0.2) is 0 Å². The van der Waals surface area contributed by atoms with Crippen LogP contribution in [-0.2, 0) is 9.53 Å². The SMILES string of the molecule is COCCCC(=O)CC1CCCCCC1. The number of hydrogen-bond donors (Lipinski definition) is 0. The highest BCUT2D eigenvalue weighted by Crippen LogP contribution is 2.25. The van der Waals surface area contributed by atoms with Crippen LogP contribution in [0.5, 0.6) is 0 Å². The van der Waals surface area contributed by atoms with Gasteiger partial charge in [-0.15, -0.1) is 0 Å². The molecule has 0 aromatic carbocycles. The molecule has 0 heterocycles. The monoisotopic (exact) mass is 212 g/mol. The molecule has 0 aromatic rings. The fourth-order valence-corrected chi connectivity index (χ4v) is 2.41. The molecular formula is C13H24O2. The molecule has 0 aromatic heterocycles. The van der Waals surface area contributed by atoms with Crippen LogP contribution in [0.3, 0.4) is 0 Å². The molecule has 1 rings (SSSR count). The molecule has 0 unspecified atom stereocenters. The summed E-state index contributed by atoms with van der Waals surface area (Å²) in [4.78, 5) is 11.6. The second-order valence-corrected chi connectivity index (χ2v) is 4.70. The maximum Gasteiger partial charge on any atom is 0.133 e. The lowest BCUT2D eigenvalue weighted by Gasteiger charge is -2.12. The number of ether oxygens (including phenoxy) is 1. The Balaban J connectivity index is 2.12. The number of hydrogen-bond acceptors (Lipinski definition) is 2. The van der Waals surface area contributed by atoms with Gasteiger partial charge in [0.2, 0.25) is 0 Å². The van der Waals surface area contributed by atoms with Crippen molar-refractivity contribution in [2.75, 3.05) is 13.7 Å². The minimum absolute atomic E-state index is 0.443. The summed E-state index contributed by atoms with van der Waals surface area (Å²) >= 11 is 0. The molecule has 1 aliphatic carbocycles. The van der Waals surface area contributed by atoms with Gasteiger partial charge in [-0.05, 0) is 12.3 Å². The van der Waals surface area contributed by atoms with Crippen LogP contribution in [0.25, 0.3) is 0 Å². The quantitative estimate of drug-likeness (QED) is 0.498. The maximum absolute atomic E-state index is 11.6. The number of carbonyl (C=O) groups excluding carboxylic acids is 1. The Morgan fingerprint density at radius 2 is 1.87 bits per heavy atom. The van der Waals surface area contributed by atoms with Crippen LogP contribution in [0.2, 0.25) is 0 Å². The molecule has 1 saturated carbocycles. The van der Waals surface area contributed by atoms with Gasteiger partial charge in [-0.1, -0.05) is 38.5 Å². The molecule has 0 spiro atoms. The fraction of sp³-hybridized carbons (Fsp3) is 0.923. The van der Waals surface area contributed by atoms with E-state index >= 15 is 0 Å². The van der Waals surface area contributed by atoms with Gasteiger partial charge in [0.25, 0.3) is 0 Å². The Morgan fingerprint density at radius 3 is 2.47 bits per heavy atom. The van der Waals surface area contributed by atoms with Crippen LogP contribution in [0.1, 0.15) is 57.8 Å². The van der Waals surface area contributed by atoms with Crippen molar-refractivity contribution in [3.63, 3.8) is 0 Å². The summed E-state index contributed by atoms with van der Waals surface area (Å²) in [5.74, 6) is 1.13. The van der Waals surface area contributed by atoms with Crippen LogP contribution in [0.15, 0.2) is 0 Å². The van der Waals surface area contributed by atoms with Crippen LogP contribution in [-0.4, -0.2) is 19.5 Å². The molecule has 15 heavy (non-hydrogen) atoms. The Morgan fingerprint density at radius 1 is 1.20 bits per heavy atom. The highest BCUT2D eigenvalue weighted by Gasteiger charge is 2.15. The second kappa shape index (κ2) is 7.86. The van der Waals surface area contributed by atoms with Gasteiger partial charge >= 0.3 is 0 Å². The van der Waals surface area contributed by atoms with Gasteiger partial charge in [0, 0.05) is 26.6 Å². The molecule has 1 aliphatic rings. The zero-order valence-electron chi connectivity index (χ0n) is 9.96. The van der Waals surface area contributed by atoms with Crippen molar-refractivity contribution in [2.45, 2.75) is 57.8 Å². The zero-order chi connectivity index (χ0) is 10.9. The fourth-order valence-electron chi connectivity index (χ4n) is 2.41. The number of methoxy groups -OCH3 is 1. The van der Waals surface area contributed by atoms with Crippen LogP contribution in [0, 0.1) is 5.92 Å². The van der Waals surface area contributed by atoms with Gasteiger partial charge in [0.05, 0.1) is 0 Å². The van der Waals surface area contributed by atoms with E-state index in [4.69, 9.17) is 4.74 Å². The molecule has 2 heteroatoms. The molecule has 0 bridgehead atoms. The molecule has 88 valence electrons. The largest absolute Gasteiger partial charge is 0.385 e. The van der Waals surface area contributed by atoms with Gasteiger partial charge in [-0.2, -0.15) is 0 Å². The van der Waals surface area contributed by atoms with E-state index in [0.717, 1.165) is 19.4 Å². The van der Waals surface area contributed by atoms with Crippen LogP contribution < -0.4 is 0 Å². The third-order valence-electron chi connectivity index (χ3n) is 3.30. The predicted molar refractivity (Wildman–Crippen MR) is 61.9 cm³/mol. The van der Waals surface area contributed by atoms with Gasteiger partial charge in [0.15, 0.2) is 0 Å². The van der Waals surface area contributed by atoms with E-state index in [1.165, 1.54) is 38.5 Å². The molecule has 0 N–H and O–H groups in total. The van der Waals surface area contributed by atoms with Gasteiger partial charge in [0.1, 0.15) is 5.78 Å². The van der Waals surface area contributed by atoms with Crippen molar-refractivity contribution in [1.29, 1.82) is 0 Å². The van der Waals surface area contributed by atoms with Gasteiger partial charge < -0.3 is 4.74 Å². The van der Waals surface area contributed by atoms with Crippen LogP contribution in [0.4, 0.5) is 0 Å². The van der Waals surface area contributed by atoms with E-state index in [1.54, 1.807) is 7.11 Å². The van der Waals surface area contributed by atoms with E-state index in [1.807, 2.05) is 0 Å². The average Bonchev–Trinajstić information content (AvgIpc) is 2.47. The Kier molecular flexibility index (Phi) is 6.66. The second-order valence-electron chi connectivity index (χ2n) is 4.70. The number of ketones is 1. The Labute approximate surface area is 93.4 Å². The normalized spacial score (nSPS) is 18.7. The van der Waals surface area contributed by atoms with Crippen molar-refractivity contribution in [1.82, 2.24) is 0 Å². The molecule has 2 nitrogen and oxygen atoms in total. The van der Waals surface area contributed by atoms with E-state index in [-0.39, 0.29) is 0 Å². The van der Waals surface area contributed by atoms with Crippen molar-refractivity contribution in [3.8, 4) is 0 Å². The van der Waals surface area contributed by atoms with Crippen molar-refractivity contribution < 1.29 is 9.53 Å². The molecule has 0 atom stereocenters. The predicted octanol–water partition coefficient (Wildman–Crippen LogP) is 3.34. The lowest BCUT2D eigenvalue weighted by atomic mass is 9.93. The molecule has 0 amide bonds. The molecule has 1 fully saturated rings. The summed E-state index contributed by atoms with van der Waals surface area (Å²) in [6.07, 6.45) is 10.4. The molecule has 0 radical (unpaired) electrons. The van der Waals surface area contributed by atoms with E-state index in [0.29, 0.717) is 18.1 Å². The van der Waals surface area contributed by atoms with Gasteiger partial charge in [-0.3, -0.25) is 4.79 Å².